The smallest absolute Gasteiger partial charge is 0.219 e. The van der Waals surface area contributed by atoms with E-state index in [0.29, 0.717) is 0 Å². The van der Waals surface area contributed by atoms with Crippen molar-refractivity contribution in [1.82, 2.24) is 20.0 Å². The number of carbonyl (C=O) groups is 1. The Balaban J connectivity index is 1.82. The summed E-state index contributed by atoms with van der Waals surface area (Å²) in [7, 11) is 1.76. The van der Waals surface area contributed by atoms with Gasteiger partial charge in [-0.05, 0) is 19.8 Å². The van der Waals surface area contributed by atoms with Crippen molar-refractivity contribution in [2.45, 2.75) is 32.7 Å². The summed E-state index contributed by atoms with van der Waals surface area (Å²) in [5.74, 6) is 1.14. The summed E-state index contributed by atoms with van der Waals surface area (Å²) in [6.45, 7) is 11.4. The highest BCUT2D eigenvalue weighted by atomic mass is 16.5. The molecule has 0 aromatic rings. The number of nitrogens with zero attached hydrogens (tertiary/aromatic N) is 4. The standard InChI is InChI=1S/C17H33N5O2/c1-4-18-17(22-11-9-20(10-12-22)15(2)23)19-7-8-21(13-14-24-3)16-5-6-16/h16H,4-14H2,1-3H3,(H,18,19). The van der Waals surface area contributed by atoms with Crippen LogP contribution in [-0.4, -0.2) is 98.7 Å². The van der Waals surface area contributed by atoms with Crippen LogP contribution in [0.5, 0.6) is 0 Å². The second-order valence-corrected chi connectivity index (χ2v) is 6.49. The molecule has 1 N–H and O–H groups in total. The number of carbonyl (C=O) groups excluding carboxylic acids is 1. The number of aliphatic imine (C=N–C) groups is 1. The van der Waals surface area contributed by atoms with E-state index in [4.69, 9.17) is 9.73 Å². The summed E-state index contributed by atoms with van der Waals surface area (Å²) in [6, 6.07) is 0.733. The van der Waals surface area contributed by atoms with Gasteiger partial charge in [0.1, 0.15) is 0 Å². The van der Waals surface area contributed by atoms with E-state index in [1.165, 1.54) is 12.8 Å². The Labute approximate surface area is 146 Å². The van der Waals surface area contributed by atoms with Gasteiger partial charge in [-0.25, -0.2) is 0 Å². The molecule has 0 radical (unpaired) electrons. The van der Waals surface area contributed by atoms with Crippen LogP contribution >= 0.6 is 0 Å². The molecule has 1 saturated heterocycles. The van der Waals surface area contributed by atoms with E-state index in [2.05, 4.69) is 22.0 Å². The van der Waals surface area contributed by atoms with Crippen molar-refractivity contribution in [3.8, 4) is 0 Å². The fourth-order valence-electron chi connectivity index (χ4n) is 3.07. The van der Waals surface area contributed by atoms with Crippen molar-refractivity contribution in [2.75, 3.05) is 66.1 Å². The third-order valence-electron chi connectivity index (χ3n) is 4.65. The van der Waals surface area contributed by atoms with E-state index in [9.17, 15) is 4.79 Å². The maximum Gasteiger partial charge on any atom is 0.219 e. The van der Waals surface area contributed by atoms with E-state index < -0.39 is 0 Å². The molecule has 2 aliphatic rings. The predicted octanol–water partition coefficient (Wildman–Crippen LogP) is 0.227. The number of hydrogen-bond donors (Lipinski definition) is 1. The Hall–Kier alpha value is -1.34. The van der Waals surface area contributed by atoms with Crippen molar-refractivity contribution in [2.24, 2.45) is 4.99 Å². The second-order valence-electron chi connectivity index (χ2n) is 6.49. The quantitative estimate of drug-likeness (QED) is 0.507. The Morgan fingerprint density at radius 1 is 1.21 bits per heavy atom. The van der Waals surface area contributed by atoms with Gasteiger partial charge < -0.3 is 19.9 Å². The third-order valence-corrected chi connectivity index (χ3v) is 4.65. The van der Waals surface area contributed by atoms with Crippen LogP contribution in [0.3, 0.4) is 0 Å². The molecular formula is C17H33N5O2. The van der Waals surface area contributed by atoms with Crippen molar-refractivity contribution in [3.63, 3.8) is 0 Å². The zero-order chi connectivity index (χ0) is 17.4. The number of piperazine rings is 1. The Morgan fingerprint density at radius 2 is 1.88 bits per heavy atom. The zero-order valence-electron chi connectivity index (χ0n) is 15.5. The predicted molar refractivity (Wildman–Crippen MR) is 96.3 cm³/mol. The van der Waals surface area contributed by atoms with Gasteiger partial charge in [-0.2, -0.15) is 0 Å². The van der Waals surface area contributed by atoms with Gasteiger partial charge in [0.2, 0.25) is 5.91 Å². The summed E-state index contributed by atoms with van der Waals surface area (Å²) in [6.07, 6.45) is 2.61. The lowest BCUT2D eigenvalue weighted by Crippen LogP contribution is -2.53. The molecule has 1 aliphatic heterocycles. The van der Waals surface area contributed by atoms with E-state index in [0.717, 1.165) is 71.0 Å². The molecular weight excluding hydrogens is 306 g/mol. The van der Waals surface area contributed by atoms with Crippen LogP contribution in [0.1, 0.15) is 26.7 Å². The fraction of sp³-hybridized carbons (Fsp3) is 0.882. The van der Waals surface area contributed by atoms with Crippen molar-refractivity contribution < 1.29 is 9.53 Å². The van der Waals surface area contributed by atoms with Gasteiger partial charge in [0.25, 0.3) is 0 Å². The largest absolute Gasteiger partial charge is 0.383 e. The van der Waals surface area contributed by atoms with Crippen molar-refractivity contribution in [1.29, 1.82) is 0 Å². The lowest BCUT2D eigenvalue weighted by molar-refractivity contribution is -0.130. The summed E-state index contributed by atoms with van der Waals surface area (Å²) >= 11 is 0. The Bertz CT molecular complexity index is 417. The van der Waals surface area contributed by atoms with Crippen LogP contribution < -0.4 is 5.32 Å². The van der Waals surface area contributed by atoms with Crippen LogP contribution in [0, 0.1) is 0 Å². The molecule has 2 fully saturated rings. The van der Waals surface area contributed by atoms with Gasteiger partial charge in [0, 0.05) is 65.9 Å². The minimum atomic E-state index is 0.162. The third kappa shape index (κ3) is 5.94. The fourth-order valence-corrected chi connectivity index (χ4v) is 3.07. The minimum Gasteiger partial charge on any atom is -0.383 e. The van der Waals surface area contributed by atoms with Gasteiger partial charge >= 0.3 is 0 Å². The van der Waals surface area contributed by atoms with Crippen LogP contribution in [0.15, 0.2) is 4.99 Å². The van der Waals surface area contributed by atoms with Gasteiger partial charge in [-0.15, -0.1) is 0 Å². The molecule has 0 spiro atoms. The SMILES string of the molecule is CCNC(=NCCN(CCOC)C1CC1)N1CCN(C(C)=O)CC1. The molecule has 138 valence electrons. The number of hydrogen-bond acceptors (Lipinski definition) is 4. The lowest BCUT2D eigenvalue weighted by Gasteiger charge is -2.36. The molecule has 0 unspecified atom stereocenters. The molecule has 0 bridgehead atoms. The summed E-state index contributed by atoms with van der Waals surface area (Å²) in [4.78, 5) is 22.9. The number of rotatable bonds is 8. The highest BCUT2D eigenvalue weighted by molar-refractivity contribution is 5.80. The first kappa shape index (κ1) is 19.0. The van der Waals surface area contributed by atoms with Gasteiger partial charge in [0.05, 0.1) is 13.2 Å². The second kappa shape index (κ2) is 9.84. The molecule has 0 aromatic carbocycles. The molecule has 7 heteroatoms. The summed E-state index contributed by atoms with van der Waals surface area (Å²) < 4.78 is 5.21. The number of guanidine groups is 1. The van der Waals surface area contributed by atoms with Crippen LogP contribution in [-0.2, 0) is 9.53 Å². The first-order valence-corrected chi connectivity index (χ1v) is 9.17. The minimum absolute atomic E-state index is 0.162. The molecule has 24 heavy (non-hydrogen) atoms. The molecule has 0 aromatic heterocycles. The average molecular weight is 339 g/mol. The first-order valence-electron chi connectivity index (χ1n) is 9.17. The maximum atomic E-state index is 11.4. The Morgan fingerprint density at radius 3 is 2.42 bits per heavy atom. The highest BCUT2D eigenvalue weighted by Gasteiger charge is 2.28. The number of amides is 1. The van der Waals surface area contributed by atoms with E-state index in [1.807, 2.05) is 4.90 Å². The molecule has 0 atom stereocenters. The zero-order valence-corrected chi connectivity index (χ0v) is 15.5. The van der Waals surface area contributed by atoms with Crippen LogP contribution in [0.2, 0.25) is 0 Å². The molecule has 1 aliphatic carbocycles. The topological polar surface area (TPSA) is 60.4 Å². The van der Waals surface area contributed by atoms with Gasteiger partial charge in [-0.1, -0.05) is 0 Å². The number of nitrogens with one attached hydrogen (secondary N) is 1. The highest BCUT2D eigenvalue weighted by Crippen LogP contribution is 2.26. The van der Waals surface area contributed by atoms with E-state index in [1.54, 1.807) is 14.0 Å². The average Bonchev–Trinajstić information content (AvgIpc) is 3.42. The van der Waals surface area contributed by atoms with E-state index in [-0.39, 0.29) is 5.91 Å². The number of methoxy groups -OCH3 is 1. The molecule has 7 nitrogen and oxygen atoms in total. The summed E-state index contributed by atoms with van der Waals surface area (Å²) in [5, 5.41) is 3.39. The monoisotopic (exact) mass is 339 g/mol. The first-order chi connectivity index (χ1) is 11.7. The summed E-state index contributed by atoms with van der Waals surface area (Å²) in [5.41, 5.74) is 0. The lowest BCUT2D eigenvalue weighted by atomic mass is 10.3. The van der Waals surface area contributed by atoms with Crippen LogP contribution in [0.4, 0.5) is 0 Å². The Kier molecular flexibility index (Phi) is 7.78. The van der Waals surface area contributed by atoms with Crippen LogP contribution in [0.25, 0.3) is 0 Å². The van der Waals surface area contributed by atoms with Gasteiger partial charge in [-0.3, -0.25) is 14.7 Å². The maximum absolute atomic E-state index is 11.4. The van der Waals surface area contributed by atoms with Crippen molar-refractivity contribution >= 4 is 11.9 Å². The van der Waals surface area contributed by atoms with Gasteiger partial charge in [0.15, 0.2) is 5.96 Å². The molecule has 1 heterocycles. The molecule has 1 saturated carbocycles. The normalized spacial score (nSPS) is 19.1. The number of ether oxygens (including phenoxy) is 1. The van der Waals surface area contributed by atoms with Crippen molar-refractivity contribution in [3.05, 3.63) is 0 Å². The molecule has 2 rings (SSSR count). The molecule has 1 amide bonds. The van der Waals surface area contributed by atoms with E-state index >= 15 is 0 Å².